The predicted octanol–water partition coefficient (Wildman–Crippen LogP) is 3.15. The Balaban J connectivity index is 1.83. The Morgan fingerprint density at radius 1 is 1.16 bits per heavy atom. The molecule has 1 aromatic carbocycles. The number of hydrogen-bond donors (Lipinski definition) is 2. The van der Waals surface area contributed by atoms with E-state index in [1.54, 1.807) is 13.2 Å². The highest BCUT2D eigenvalue weighted by molar-refractivity contribution is 5.94. The molecule has 0 fully saturated rings. The summed E-state index contributed by atoms with van der Waals surface area (Å²) < 4.78 is 5.45. The first-order valence-electron chi connectivity index (χ1n) is 7.98. The van der Waals surface area contributed by atoms with Gasteiger partial charge in [-0.15, -0.1) is 0 Å². The van der Waals surface area contributed by atoms with Crippen molar-refractivity contribution in [3.8, 4) is 5.75 Å². The van der Waals surface area contributed by atoms with Crippen molar-refractivity contribution in [2.45, 2.75) is 27.3 Å². The number of carbonyl (C=O) groups excluding carboxylic acids is 1. The molecule has 0 bridgehead atoms. The third-order valence-electron chi connectivity index (χ3n) is 3.81. The van der Waals surface area contributed by atoms with Crippen molar-refractivity contribution in [3.63, 3.8) is 0 Å². The lowest BCUT2D eigenvalue weighted by Crippen LogP contribution is -2.28. The predicted molar refractivity (Wildman–Crippen MR) is 97.7 cm³/mol. The van der Waals surface area contributed by atoms with Gasteiger partial charge in [-0.3, -0.25) is 9.79 Å². The van der Waals surface area contributed by atoms with Crippen LogP contribution < -0.4 is 15.4 Å². The highest BCUT2D eigenvalue weighted by atomic mass is 16.5. The van der Waals surface area contributed by atoms with Crippen LogP contribution in [0.3, 0.4) is 0 Å². The lowest BCUT2D eigenvalue weighted by Gasteiger charge is -2.17. The number of ether oxygens (including phenoxy) is 1. The number of anilines is 3. The first-order chi connectivity index (χ1) is 11.9. The molecule has 1 aliphatic rings. The van der Waals surface area contributed by atoms with E-state index in [1.165, 1.54) is 6.33 Å². The van der Waals surface area contributed by atoms with Gasteiger partial charge in [0.1, 0.15) is 23.7 Å². The van der Waals surface area contributed by atoms with E-state index in [4.69, 9.17) is 4.74 Å². The van der Waals surface area contributed by atoms with Crippen LogP contribution in [0.25, 0.3) is 0 Å². The second-order valence-corrected chi connectivity index (χ2v) is 6.84. The quantitative estimate of drug-likeness (QED) is 0.893. The number of nitrogens with one attached hydrogen (secondary N) is 2. The molecule has 25 heavy (non-hydrogen) atoms. The van der Waals surface area contributed by atoms with Crippen molar-refractivity contribution in [3.05, 3.63) is 35.7 Å². The second kappa shape index (κ2) is 6.51. The summed E-state index contributed by atoms with van der Waals surface area (Å²) in [7, 11) is 1.62. The van der Waals surface area contributed by atoms with Crippen molar-refractivity contribution in [1.82, 2.24) is 9.97 Å². The van der Waals surface area contributed by atoms with E-state index in [1.807, 2.05) is 39.1 Å². The van der Waals surface area contributed by atoms with Crippen LogP contribution in [-0.4, -0.2) is 29.2 Å². The molecule has 1 aromatic heterocycles. The van der Waals surface area contributed by atoms with Gasteiger partial charge >= 0.3 is 0 Å². The molecule has 1 aliphatic heterocycles. The molecule has 2 aromatic rings. The molecule has 3 rings (SSSR count). The molecule has 0 saturated heterocycles. The first-order valence-corrected chi connectivity index (χ1v) is 7.98. The fraction of sp³-hybridized carbons (Fsp3) is 0.333. The average Bonchev–Trinajstić information content (AvgIpc) is 3.00. The van der Waals surface area contributed by atoms with E-state index in [-0.39, 0.29) is 5.91 Å². The zero-order chi connectivity index (χ0) is 18.0. The van der Waals surface area contributed by atoms with E-state index in [0.717, 1.165) is 16.8 Å². The topological polar surface area (TPSA) is 88.5 Å². The van der Waals surface area contributed by atoms with Gasteiger partial charge in [-0.2, -0.15) is 0 Å². The lowest BCUT2D eigenvalue weighted by molar-refractivity contribution is -0.123. The van der Waals surface area contributed by atoms with Gasteiger partial charge in [0.05, 0.1) is 19.3 Å². The van der Waals surface area contributed by atoms with Gasteiger partial charge in [0, 0.05) is 17.7 Å². The van der Waals surface area contributed by atoms with Crippen LogP contribution in [-0.2, 0) is 11.3 Å². The molecule has 130 valence electrons. The normalized spacial score (nSPS) is 12.6. The summed E-state index contributed by atoms with van der Waals surface area (Å²) in [6.45, 7) is 6.21. The lowest BCUT2D eigenvalue weighted by atomic mass is 9.96. The van der Waals surface area contributed by atoms with Crippen molar-refractivity contribution < 1.29 is 9.53 Å². The summed E-state index contributed by atoms with van der Waals surface area (Å²) in [5, 5.41) is 6.01. The summed E-state index contributed by atoms with van der Waals surface area (Å²) >= 11 is 0. The van der Waals surface area contributed by atoms with Crippen molar-refractivity contribution >= 4 is 29.4 Å². The van der Waals surface area contributed by atoms with E-state index >= 15 is 0 Å². The molecule has 7 heteroatoms. The maximum atomic E-state index is 12.1. The minimum absolute atomic E-state index is 0.108. The molecule has 0 spiro atoms. The van der Waals surface area contributed by atoms with Crippen LogP contribution in [0.4, 0.5) is 17.3 Å². The molecular weight excluding hydrogens is 318 g/mol. The molecule has 2 heterocycles. The Hall–Kier alpha value is -2.96. The van der Waals surface area contributed by atoms with Gasteiger partial charge in [-0.05, 0) is 23.3 Å². The Morgan fingerprint density at radius 2 is 1.92 bits per heavy atom. The van der Waals surface area contributed by atoms with E-state index < -0.39 is 5.41 Å². The van der Waals surface area contributed by atoms with Gasteiger partial charge in [0.2, 0.25) is 5.91 Å². The SMILES string of the molecule is COc1cc2c(cc1Nc1cc(NC(=O)C(C)(C)C)ncn1)C=NC2. The van der Waals surface area contributed by atoms with Crippen molar-refractivity contribution in [2.75, 3.05) is 17.7 Å². The van der Waals surface area contributed by atoms with Crippen molar-refractivity contribution in [1.29, 1.82) is 0 Å². The molecule has 0 radical (unpaired) electrons. The second-order valence-electron chi connectivity index (χ2n) is 6.84. The van der Waals surface area contributed by atoms with Gasteiger partial charge in [0.25, 0.3) is 0 Å². The summed E-state index contributed by atoms with van der Waals surface area (Å²) in [5.41, 5.74) is 2.46. The molecule has 7 nitrogen and oxygen atoms in total. The van der Waals surface area contributed by atoms with Gasteiger partial charge in [0.15, 0.2) is 0 Å². The van der Waals surface area contributed by atoms with Crippen LogP contribution in [0.1, 0.15) is 31.9 Å². The zero-order valence-electron chi connectivity index (χ0n) is 14.8. The van der Waals surface area contributed by atoms with Crippen LogP contribution in [0.15, 0.2) is 29.5 Å². The molecule has 2 N–H and O–H groups in total. The third-order valence-corrected chi connectivity index (χ3v) is 3.81. The number of aromatic nitrogens is 2. The summed E-state index contributed by atoms with van der Waals surface area (Å²) in [6, 6.07) is 5.62. The van der Waals surface area contributed by atoms with Crippen LogP contribution in [0.5, 0.6) is 5.75 Å². The standard InChI is InChI=1S/C18H21N5O2/c1-18(2,3)17(24)23-16-7-15(20-10-21-16)22-13-5-11-8-19-9-12(11)6-14(13)25-4/h5-8,10H,9H2,1-4H3,(H2,20,21,22,23,24). The number of benzene rings is 1. The number of amides is 1. The molecule has 0 atom stereocenters. The maximum absolute atomic E-state index is 12.1. The first kappa shape index (κ1) is 16.9. The number of methoxy groups -OCH3 is 1. The van der Waals surface area contributed by atoms with Gasteiger partial charge in [-0.25, -0.2) is 9.97 Å². The van der Waals surface area contributed by atoms with E-state index in [0.29, 0.717) is 23.9 Å². The monoisotopic (exact) mass is 339 g/mol. The van der Waals surface area contributed by atoms with E-state index in [2.05, 4.69) is 25.6 Å². The summed E-state index contributed by atoms with van der Waals surface area (Å²) in [5.74, 6) is 1.61. The zero-order valence-corrected chi connectivity index (χ0v) is 14.8. The number of rotatable bonds is 4. The minimum Gasteiger partial charge on any atom is -0.495 e. The summed E-state index contributed by atoms with van der Waals surface area (Å²) in [4.78, 5) is 24.7. The van der Waals surface area contributed by atoms with Crippen LogP contribution in [0, 0.1) is 5.41 Å². The van der Waals surface area contributed by atoms with Crippen LogP contribution in [0.2, 0.25) is 0 Å². The molecule has 0 saturated carbocycles. The highest BCUT2D eigenvalue weighted by Crippen LogP contribution is 2.32. The smallest absolute Gasteiger partial charge is 0.230 e. The Morgan fingerprint density at radius 3 is 2.64 bits per heavy atom. The summed E-state index contributed by atoms with van der Waals surface area (Å²) in [6.07, 6.45) is 3.25. The Bertz CT molecular complexity index is 840. The molecule has 0 unspecified atom stereocenters. The molecule has 0 aliphatic carbocycles. The number of hydrogen-bond acceptors (Lipinski definition) is 6. The number of fused-ring (bicyclic) bond motifs is 1. The minimum atomic E-state index is -0.499. The number of aliphatic imine (C=N–C) groups is 1. The molecule has 1 amide bonds. The van der Waals surface area contributed by atoms with Crippen molar-refractivity contribution in [2.24, 2.45) is 10.4 Å². The largest absolute Gasteiger partial charge is 0.495 e. The fourth-order valence-electron chi connectivity index (χ4n) is 2.34. The number of nitrogens with zero attached hydrogens (tertiary/aromatic N) is 3. The van der Waals surface area contributed by atoms with Gasteiger partial charge < -0.3 is 15.4 Å². The Kier molecular flexibility index (Phi) is 4.39. The van der Waals surface area contributed by atoms with Crippen LogP contribution >= 0.6 is 0 Å². The Labute approximate surface area is 146 Å². The average molecular weight is 339 g/mol. The maximum Gasteiger partial charge on any atom is 0.230 e. The number of carbonyl (C=O) groups is 1. The van der Waals surface area contributed by atoms with E-state index in [9.17, 15) is 4.79 Å². The highest BCUT2D eigenvalue weighted by Gasteiger charge is 2.21. The third kappa shape index (κ3) is 3.76. The van der Waals surface area contributed by atoms with Gasteiger partial charge in [-0.1, -0.05) is 20.8 Å². The molecular formula is C18H21N5O2. The fourth-order valence-corrected chi connectivity index (χ4v) is 2.34.